The van der Waals surface area contributed by atoms with Crippen LogP contribution < -0.4 is 0 Å². The summed E-state index contributed by atoms with van der Waals surface area (Å²) in [4.78, 5) is 11.7. The summed E-state index contributed by atoms with van der Waals surface area (Å²) in [6.07, 6.45) is 32.7. The van der Waals surface area contributed by atoms with Crippen molar-refractivity contribution in [2.45, 2.75) is 155 Å². The zero-order chi connectivity index (χ0) is 22.0. The van der Waals surface area contributed by atoms with Crippen LogP contribution in [0.4, 0.5) is 0 Å². The fraction of sp³-hybridized carbons (Fsp3) is 0.893. The molecule has 0 aromatic carbocycles. The molecule has 0 aliphatic carbocycles. The average molecular weight is 423 g/mol. The lowest BCUT2D eigenvalue weighted by Gasteiger charge is -2.03. The first kappa shape index (κ1) is 29.2. The van der Waals surface area contributed by atoms with Gasteiger partial charge in [-0.05, 0) is 19.3 Å². The second-order valence-electron chi connectivity index (χ2n) is 9.08. The van der Waals surface area contributed by atoms with Crippen molar-refractivity contribution >= 4 is 5.97 Å². The summed E-state index contributed by atoms with van der Waals surface area (Å²) in [5.74, 6) is -0.158. The van der Waals surface area contributed by atoms with Crippen molar-refractivity contribution in [2.24, 2.45) is 0 Å². The van der Waals surface area contributed by atoms with Gasteiger partial charge < -0.3 is 4.74 Å². The number of rotatable bonds is 24. The molecular weight excluding hydrogens is 368 g/mol. The van der Waals surface area contributed by atoms with Crippen LogP contribution in [-0.4, -0.2) is 12.6 Å². The van der Waals surface area contributed by atoms with Crippen LogP contribution in [0.15, 0.2) is 12.2 Å². The Morgan fingerprint density at radius 1 is 0.533 bits per heavy atom. The number of hydrogen-bond donors (Lipinski definition) is 0. The van der Waals surface area contributed by atoms with E-state index in [1.54, 1.807) is 6.08 Å². The molecule has 0 fully saturated rings. The first-order valence-corrected chi connectivity index (χ1v) is 13.6. The maximum absolute atomic E-state index is 11.7. The van der Waals surface area contributed by atoms with Crippen molar-refractivity contribution in [3.63, 3.8) is 0 Å². The average Bonchev–Trinajstić information content (AvgIpc) is 2.75. The summed E-state index contributed by atoms with van der Waals surface area (Å²) in [5.41, 5.74) is 0. The van der Waals surface area contributed by atoms with E-state index < -0.39 is 0 Å². The molecule has 0 aromatic heterocycles. The van der Waals surface area contributed by atoms with Gasteiger partial charge in [0.15, 0.2) is 0 Å². The van der Waals surface area contributed by atoms with E-state index in [0.717, 1.165) is 12.8 Å². The predicted octanol–water partition coefficient (Wildman–Crippen LogP) is 9.71. The maximum Gasteiger partial charge on any atom is 0.330 e. The molecule has 0 saturated heterocycles. The van der Waals surface area contributed by atoms with E-state index in [2.05, 4.69) is 13.8 Å². The standard InChI is InChI=1S/C28H54O2/c1-3-5-7-9-11-13-15-17-19-21-23-25-27-30-28(29)26-24-22-20-18-16-14-12-10-8-6-4-2/h24,26H,3-23,25,27H2,1-2H3. The Hall–Kier alpha value is -0.790. The molecule has 0 radical (unpaired) electrons. The minimum absolute atomic E-state index is 0.158. The molecule has 0 aromatic rings. The fourth-order valence-corrected chi connectivity index (χ4v) is 3.92. The largest absolute Gasteiger partial charge is 0.463 e. The molecule has 0 N–H and O–H groups in total. The summed E-state index contributed by atoms with van der Waals surface area (Å²) in [6, 6.07) is 0. The van der Waals surface area contributed by atoms with E-state index in [1.807, 2.05) is 6.08 Å². The first-order chi connectivity index (χ1) is 14.8. The van der Waals surface area contributed by atoms with Gasteiger partial charge in [0.1, 0.15) is 0 Å². The molecule has 0 amide bonds. The Kier molecular flexibility index (Phi) is 25.6. The lowest BCUT2D eigenvalue weighted by Crippen LogP contribution is -2.02. The lowest BCUT2D eigenvalue weighted by molar-refractivity contribution is -0.137. The summed E-state index contributed by atoms with van der Waals surface area (Å²) < 4.78 is 5.30. The molecular formula is C28H54O2. The molecule has 0 aliphatic heterocycles. The molecule has 0 spiro atoms. The van der Waals surface area contributed by atoms with Crippen LogP contribution in [0.1, 0.15) is 155 Å². The molecule has 0 unspecified atom stereocenters. The highest BCUT2D eigenvalue weighted by Gasteiger charge is 1.98. The molecule has 2 nitrogen and oxygen atoms in total. The van der Waals surface area contributed by atoms with Crippen molar-refractivity contribution < 1.29 is 9.53 Å². The van der Waals surface area contributed by atoms with Gasteiger partial charge >= 0.3 is 5.97 Å². The number of carbonyl (C=O) groups excluding carboxylic acids is 1. The van der Waals surface area contributed by atoms with Crippen molar-refractivity contribution in [1.82, 2.24) is 0 Å². The molecule has 0 heterocycles. The first-order valence-electron chi connectivity index (χ1n) is 13.6. The zero-order valence-electron chi connectivity index (χ0n) is 20.7. The Morgan fingerprint density at radius 2 is 0.900 bits per heavy atom. The normalized spacial score (nSPS) is 11.4. The van der Waals surface area contributed by atoms with Crippen LogP contribution in [0.3, 0.4) is 0 Å². The number of allylic oxidation sites excluding steroid dienone is 1. The third kappa shape index (κ3) is 25.2. The van der Waals surface area contributed by atoms with Gasteiger partial charge in [-0.15, -0.1) is 0 Å². The van der Waals surface area contributed by atoms with Gasteiger partial charge in [-0.2, -0.15) is 0 Å². The Bertz CT molecular complexity index is 362. The number of ether oxygens (including phenoxy) is 1. The van der Waals surface area contributed by atoms with Gasteiger partial charge in [-0.3, -0.25) is 0 Å². The van der Waals surface area contributed by atoms with Gasteiger partial charge in [-0.25, -0.2) is 4.79 Å². The Labute approximate surface area is 189 Å². The lowest BCUT2D eigenvalue weighted by atomic mass is 10.1. The number of carbonyl (C=O) groups is 1. The van der Waals surface area contributed by atoms with E-state index in [4.69, 9.17) is 4.74 Å². The van der Waals surface area contributed by atoms with E-state index >= 15 is 0 Å². The van der Waals surface area contributed by atoms with Crippen LogP contribution in [0.2, 0.25) is 0 Å². The van der Waals surface area contributed by atoms with E-state index in [9.17, 15) is 4.79 Å². The van der Waals surface area contributed by atoms with Gasteiger partial charge in [0.05, 0.1) is 6.61 Å². The monoisotopic (exact) mass is 422 g/mol. The van der Waals surface area contributed by atoms with Crippen molar-refractivity contribution in [3.8, 4) is 0 Å². The summed E-state index contributed by atoms with van der Waals surface area (Å²) in [7, 11) is 0. The van der Waals surface area contributed by atoms with Crippen LogP contribution in [0, 0.1) is 0 Å². The minimum atomic E-state index is -0.158. The fourth-order valence-electron chi connectivity index (χ4n) is 3.92. The van der Waals surface area contributed by atoms with Crippen molar-refractivity contribution in [2.75, 3.05) is 6.61 Å². The molecule has 2 heteroatoms. The van der Waals surface area contributed by atoms with Gasteiger partial charge in [0.2, 0.25) is 0 Å². The second kappa shape index (κ2) is 26.2. The summed E-state index contributed by atoms with van der Waals surface area (Å²) in [5, 5.41) is 0. The summed E-state index contributed by atoms with van der Waals surface area (Å²) >= 11 is 0. The number of hydrogen-bond acceptors (Lipinski definition) is 2. The smallest absolute Gasteiger partial charge is 0.330 e. The van der Waals surface area contributed by atoms with Crippen LogP contribution in [-0.2, 0) is 9.53 Å². The number of unbranched alkanes of at least 4 members (excludes halogenated alkanes) is 20. The highest BCUT2D eigenvalue weighted by Crippen LogP contribution is 2.12. The third-order valence-electron chi connectivity index (χ3n) is 5.97. The van der Waals surface area contributed by atoms with Gasteiger partial charge in [-0.1, -0.05) is 142 Å². The topological polar surface area (TPSA) is 26.3 Å². The Balaban J connectivity index is 3.22. The number of esters is 1. The minimum Gasteiger partial charge on any atom is -0.463 e. The quantitative estimate of drug-likeness (QED) is 0.0878. The highest BCUT2D eigenvalue weighted by molar-refractivity contribution is 5.81. The maximum atomic E-state index is 11.7. The van der Waals surface area contributed by atoms with E-state index in [1.165, 1.54) is 128 Å². The van der Waals surface area contributed by atoms with Crippen LogP contribution in [0.25, 0.3) is 0 Å². The summed E-state index contributed by atoms with van der Waals surface area (Å²) in [6.45, 7) is 5.12. The molecule has 0 saturated carbocycles. The predicted molar refractivity (Wildman–Crippen MR) is 133 cm³/mol. The molecule has 0 rings (SSSR count). The molecule has 0 aliphatic rings. The van der Waals surface area contributed by atoms with Gasteiger partial charge in [0, 0.05) is 6.08 Å². The van der Waals surface area contributed by atoms with Crippen molar-refractivity contribution in [3.05, 3.63) is 12.2 Å². The third-order valence-corrected chi connectivity index (χ3v) is 5.97. The molecule has 30 heavy (non-hydrogen) atoms. The van der Waals surface area contributed by atoms with Gasteiger partial charge in [0.25, 0.3) is 0 Å². The van der Waals surface area contributed by atoms with Crippen LogP contribution in [0.5, 0.6) is 0 Å². The van der Waals surface area contributed by atoms with Crippen molar-refractivity contribution in [1.29, 1.82) is 0 Å². The zero-order valence-corrected chi connectivity index (χ0v) is 20.7. The molecule has 0 atom stereocenters. The highest BCUT2D eigenvalue weighted by atomic mass is 16.5. The molecule has 0 bridgehead atoms. The molecule has 178 valence electrons. The second-order valence-corrected chi connectivity index (χ2v) is 9.08. The Morgan fingerprint density at radius 3 is 1.33 bits per heavy atom. The van der Waals surface area contributed by atoms with E-state index in [-0.39, 0.29) is 5.97 Å². The van der Waals surface area contributed by atoms with Crippen LogP contribution >= 0.6 is 0 Å². The van der Waals surface area contributed by atoms with E-state index in [0.29, 0.717) is 6.61 Å². The SMILES string of the molecule is CCCCCCCCCCCC=CC(=O)OCCCCCCCCCCCCCC.